The normalized spacial score (nSPS) is 11.9. The number of halogens is 1. The summed E-state index contributed by atoms with van der Waals surface area (Å²) in [6.45, 7) is 3.59. The van der Waals surface area contributed by atoms with Gasteiger partial charge in [0.25, 0.3) is 0 Å². The molecule has 2 N–H and O–H groups in total. The zero-order valence-electron chi connectivity index (χ0n) is 10.5. The largest absolute Gasteiger partial charge is 0.373 e. The molecule has 0 unspecified atom stereocenters. The van der Waals surface area contributed by atoms with Crippen LogP contribution in [-0.2, 0) is 4.79 Å². The van der Waals surface area contributed by atoms with Gasteiger partial charge in [0.1, 0.15) is 11.0 Å². The monoisotopic (exact) mass is 296 g/mol. The first-order chi connectivity index (χ1) is 9.06. The highest BCUT2D eigenvalue weighted by molar-refractivity contribution is 7.15. The molecule has 0 spiro atoms. The van der Waals surface area contributed by atoms with Crippen molar-refractivity contribution in [2.45, 2.75) is 19.9 Å². The second-order valence-electron chi connectivity index (χ2n) is 3.96. The van der Waals surface area contributed by atoms with Crippen molar-refractivity contribution in [3.05, 3.63) is 34.3 Å². The maximum Gasteiger partial charge on any atom is 0.248 e. The molecule has 0 saturated heterocycles. The van der Waals surface area contributed by atoms with E-state index in [4.69, 9.17) is 11.6 Å². The number of anilines is 2. The van der Waals surface area contributed by atoms with Crippen molar-refractivity contribution in [3.63, 3.8) is 0 Å². The van der Waals surface area contributed by atoms with Gasteiger partial charge in [0, 0.05) is 0 Å². The Bertz CT molecular complexity index is 587. The number of amides is 1. The van der Waals surface area contributed by atoms with Gasteiger partial charge in [-0.05, 0) is 26.0 Å². The number of rotatable bonds is 4. The summed E-state index contributed by atoms with van der Waals surface area (Å²) in [5.74, 6) is -0.184. The molecule has 2 rings (SSSR count). The third kappa shape index (κ3) is 3.65. The first kappa shape index (κ1) is 13.8. The van der Waals surface area contributed by atoms with Gasteiger partial charge < -0.3 is 5.32 Å². The zero-order chi connectivity index (χ0) is 13.8. The lowest BCUT2D eigenvalue weighted by atomic mass is 10.2. The van der Waals surface area contributed by atoms with E-state index in [-0.39, 0.29) is 5.91 Å². The molecule has 1 amide bonds. The first-order valence-electron chi connectivity index (χ1n) is 5.68. The van der Waals surface area contributed by atoms with Crippen LogP contribution in [0.15, 0.2) is 24.3 Å². The second-order valence-corrected chi connectivity index (χ2v) is 5.55. The third-order valence-corrected chi connectivity index (χ3v) is 3.48. The fourth-order valence-corrected chi connectivity index (χ4v) is 2.22. The van der Waals surface area contributed by atoms with Crippen LogP contribution in [0.3, 0.4) is 0 Å². The van der Waals surface area contributed by atoms with Crippen LogP contribution < -0.4 is 10.6 Å². The van der Waals surface area contributed by atoms with Crippen LogP contribution in [0.1, 0.15) is 11.9 Å². The summed E-state index contributed by atoms with van der Waals surface area (Å²) in [6, 6.07) is 6.85. The van der Waals surface area contributed by atoms with Gasteiger partial charge in [-0.25, -0.2) is 0 Å². The Hall–Kier alpha value is -1.66. The number of aromatic nitrogens is 2. The van der Waals surface area contributed by atoms with E-state index < -0.39 is 6.04 Å². The minimum Gasteiger partial charge on any atom is -0.373 e. The molecule has 0 fully saturated rings. The third-order valence-electron chi connectivity index (χ3n) is 2.40. The average Bonchev–Trinajstić information content (AvgIpc) is 2.77. The van der Waals surface area contributed by atoms with Crippen molar-refractivity contribution in [1.82, 2.24) is 10.2 Å². The van der Waals surface area contributed by atoms with E-state index in [2.05, 4.69) is 20.8 Å². The number of nitrogens with one attached hydrogen (secondary N) is 2. The van der Waals surface area contributed by atoms with Crippen molar-refractivity contribution in [2.24, 2.45) is 0 Å². The molecular weight excluding hydrogens is 284 g/mol. The lowest BCUT2D eigenvalue weighted by molar-refractivity contribution is -0.116. The van der Waals surface area contributed by atoms with E-state index in [9.17, 15) is 4.79 Å². The molecule has 1 aromatic heterocycles. The van der Waals surface area contributed by atoms with Gasteiger partial charge in [-0.2, -0.15) is 0 Å². The molecule has 5 nitrogen and oxygen atoms in total. The van der Waals surface area contributed by atoms with Crippen molar-refractivity contribution in [2.75, 3.05) is 10.6 Å². The van der Waals surface area contributed by atoms with Crippen molar-refractivity contribution in [3.8, 4) is 0 Å². The molecule has 1 atom stereocenters. The molecule has 0 radical (unpaired) electrons. The van der Waals surface area contributed by atoms with E-state index in [1.54, 1.807) is 13.0 Å². The van der Waals surface area contributed by atoms with Crippen LogP contribution in [0.5, 0.6) is 0 Å². The molecule has 100 valence electrons. The van der Waals surface area contributed by atoms with Crippen LogP contribution in [-0.4, -0.2) is 22.1 Å². The molecule has 0 aliphatic carbocycles. The van der Waals surface area contributed by atoms with Crippen LogP contribution in [0.25, 0.3) is 0 Å². The fraction of sp³-hybridized carbons (Fsp3) is 0.250. The van der Waals surface area contributed by atoms with E-state index in [0.717, 1.165) is 10.7 Å². The highest BCUT2D eigenvalue weighted by atomic mass is 35.5. The SMILES string of the molecule is Cc1nnc(NC(=O)[C@H](C)Nc2ccccc2Cl)s1. The number of carbonyl (C=O) groups excluding carboxylic acids is 1. The van der Waals surface area contributed by atoms with Gasteiger partial charge in [-0.1, -0.05) is 35.1 Å². The Balaban J connectivity index is 1.98. The molecule has 2 aromatic rings. The maximum atomic E-state index is 12.0. The number of hydrogen-bond acceptors (Lipinski definition) is 5. The molecular formula is C12H13ClN4OS. The number of benzene rings is 1. The molecule has 0 aliphatic heterocycles. The van der Waals surface area contributed by atoms with Gasteiger partial charge >= 0.3 is 0 Å². The predicted octanol–water partition coefficient (Wildman–Crippen LogP) is 2.94. The van der Waals surface area contributed by atoms with Gasteiger partial charge in [0.05, 0.1) is 10.7 Å². The first-order valence-corrected chi connectivity index (χ1v) is 6.88. The Labute approximate surface area is 120 Å². The summed E-state index contributed by atoms with van der Waals surface area (Å²) in [6.07, 6.45) is 0. The van der Waals surface area contributed by atoms with Crippen LogP contribution >= 0.6 is 22.9 Å². The standard InChI is InChI=1S/C12H13ClN4OS/c1-7(14-10-6-4-3-5-9(10)13)11(18)15-12-17-16-8(2)19-12/h3-7,14H,1-2H3,(H,15,17,18)/t7-/m0/s1. The Morgan fingerprint density at radius 1 is 1.37 bits per heavy atom. The summed E-state index contributed by atoms with van der Waals surface area (Å²) in [7, 11) is 0. The van der Waals surface area contributed by atoms with Crippen LogP contribution in [0, 0.1) is 6.92 Å². The summed E-state index contributed by atoms with van der Waals surface area (Å²) in [5.41, 5.74) is 0.722. The van der Waals surface area contributed by atoms with E-state index in [1.165, 1.54) is 11.3 Å². The lowest BCUT2D eigenvalue weighted by Gasteiger charge is -2.14. The Morgan fingerprint density at radius 3 is 2.74 bits per heavy atom. The number of carbonyl (C=O) groups is 1. The van der Waals surface area contributed by atoms with Crippen LogP contribution in [0.2, 0.25) is 5.02 Å². The topological polar surface area (TPSA) is 66.9 Å². The summed E-state index contributed by atoms with van der Waals surface area (Å²) < 4.78 is 0. The second kappa shape index (κ2) is 5.99. The molecule has 1 heterocycles. The van der Waals surface area contributed by atoms with E-state index in [1.807, 2.05) is 25.1 Å². The van der Waals surface area contributed by atoms with Crippen molar-refractivity contribution < 1.29 is 4.79 Å². The molecule has 1 aromatic carbocycles. The quantitative estimate of drug-likeness (QED) is 0.910. The van der Waals surface area contributed by atoms with Gasteiger partial charge in [0.15, 0.2) is 0 Å². The van der Waals surface area contributed by atoms with E-state index in [0.29, 0.717) is 10.2 Å². The molecule has 0 bridgehead atoms. The summed E-state index contributed by atoms with van der Waals surface area (Å²) in [5, 5.41) is 15.3. The van der Waals surface area contributed by atoms with Gasteiger partial charge in [-0.15, -0.1) is 10.2 Å². The molecule has 7 heteroatoms. The van der Waals surface area contributed by atoms with Gasteiger partial charge in [0.2, 0.25) is 11.0 Å². The summed E-state index contributed by atoms with van der Waals surface area (Å²) >= 11 is 7.36. The average molecular weight is 297 g/mol. The number of para-hydroxylation sites is 1. The minimum absolute atomic E-state index is 0.184. The fourth-order valence-electron chi connectivity index (χ4n) is 1.44. The number of hydrogen-bond donors (Lipinski definition) is 2. The smallest absolute Gasteiger partial charge is 0.248 e. The molecule has 19 heavy (non-hydrogen) atoms. The molecule has 0 aliphatic rings. The Morgan fingerprint density at radius 2 is 2.11 bits per heavy atom. The van der Waals surface area contributed by atoms with Crippen molar-refractivity contribution >= 4 is 39.7 Å². The minimum atomic E-state index is -0.427. The van der Waals surface area contributed by atoms with Crippen molar-refractivity contribution in [1.29, 1.82) is 0 Å². The lowest BCUT2D eigenvalue weighted by Crippen LogP contribution is -2.31. The Kier molecular flexibility index (Phi) is 4.34. The van der Waals surface area contributed by atoms with Crippen LogP contribution in [0.4, 0.5) is 10.8 Å². The zero-order valence-corrected chi connectivity index (χ0v) is 12.0. The molecule has 0 saturated carbocycles. The van der Waals surface area contributed by atoms with E-state index >= 15 is 0 Å². The number of aryl methyl sites for hydroxylation is 1. The summed E-state index contributed by atoms with van der Waals surface area (Å²) in [4.78, 5) is 12.0. The highest BCUT2D eigenvalue weighted by Crippen LogP contribution is 2.21. The number of nitrogens with zero attached hydrogens (tertiary/aromatic N) is 2. The predicted molar refractivity (Wildman–Crippen MR) is 77.8 cm³/mol. The van der Waals surface area contributed by atoms with Gasteiger partial charge in [-0.3, -0.25) is 10.1 Å². The maximum absolute atomic E-state index is 12.0. The highest BCUT2D eigenvalue weighted by Gasteiger charge is 2.15.